The van der Waals surface area contributed by atoms with Crippen molar-refractivity contribution in [1.29, 1.82) is 0 Å². The molecule has 0 bridgehead atoms. The molecule has 0 saturated carbocycles. The van der Waals surface area contributed by atoms with Gasteiger partial charge in [-0.3, -0.25) is 0 Å². The molecule has 6 nitrogen and oxygen atoms in total. The molecule has 1 aromatic heterocycles. The lowest BCUT2D eigenvalue weighted by molar-refractivity contribution is -0.149. The Morgan fingerprint density at radius 2 is 1.93 bits per heavy atom. The van der Waals surface area contributed by atoms with Crippen molar-refractivity contribution in [2.75, 3.05) is 29.9 Å². The van der Waals surface area contributed by atoms with Gasteiger partial charge in [0.2, 0.25) is 11.9 Å². The van der Waals surface area contributed by atoms with Crippen LogP contribution < -0.4 is 15.0 Å². The van der Waals surface area contributed by atoms with Crippen LogP contribution in [-0.4, -0.2) is 47.0 Å². The van der Waals surface area contributed by atoms with Crippen molar-refractivity contribution in [2.45, 2.75) is 26.2 Å². The second-order valence-corrected chi connectivity index (χ2v) is 5.35. The number of ether oxygens (including phenoxy) is 1. The van der Waals surface area contributed by atoms with Crippen molar-refractivity contribution >= 4 is 17.6 Å². The third-order valence-electron chi connectivity index (χ3n) is 3.33. The van der Waals surface area contributed by atoms with Gasteiger partial charge in [0.05, 0.1) is 0 Å². The van der Waals surface area contributed by atoms with Gasteiger partial charge in [-0.25, -0.2) is 13.2 Å². The van der Waals surface area contributed by atoms with Crippen molar-refractivity contribution in [1.82, 2.24) is 15.0 Å². The van der Waals surface area contributed by atoms with Crippen molar-refractivity contribution in [3.05, 3.63) is 30.1 Å². The molecule has 2 aromatic rings. The van der Waals surface area contributed by atoms with Gasteiger partial charge < -0.3 is 15.0 Å². The highest BCUT2D eigenvalue weighted by Gasteiger charge is 2.42. The Bertz CT molecular complexity index is 762. The smallest absolute Gasteiger partial charge is 0.340 e. The number of halogens is 5. The Kier molecular flexibility index (Phi) is 6.70. The van der Waals surface area contributed by atoms with Gasteiger partial charge >= 0.3 is 18.4 Å². The second-order valence-electron chi connectivity index (χ2n) is 5.35. The average molecular weight is 391 g/mol. The van der Waals surface area contributed by atoms with Gasteiger partial charge in [0.1, 0.15) is 5.82 Å². The van der Waals surface area contributed by atoms with Crippen LogP contribution in [0.15, 0.2) is 24.3 Å². The predicted octanol–water partition coefficient (Wildman–Crippen LogP) is 3.88. The van der Waals surface area contributed by atoms with Crippen LogP contribution in [0.3, 0.4) is 0 Å². The molecule has 0 unspecified atom stereocenters. The first kappa shape index (κ1) is 20.6. The van der Waals surface area contributed by atoms with E-state index in [0.29, 0.717) is 18.8 Å². The summed E-state index contributed by atoms with van der Waals surface area (Å²) in [5.41, 5.74) is 0.412. The molecule has 11 heteroatoms. The van der Waals surface area contributed by atoms with E-state index < -0.39 is 30.8 Å². The van der Waals surface area contributed by atoms with E-state index in [4.69, 9.17) is 0 Å². The minimum Gasteiger partial charge on any atom is -0.457 e. The number of benzene rings is 1. The first-order chi connectivity index (χ1) is 12.8. The minimum absolute atomic E-state index is 0.00714. The van der Waals surface area contributed by atoms with Gasteiger partial charge in [-0.05, 0) is 32.0 Å². The summed E-state index contributed by atoms with van der Waals surface area (Å²) in [6.45, 7) is 2.62. The number of nitrogens with zero attached hydrogens (tertiary/aromatic N) is 4. The van der Waals surface area contributed by atoms with E-state index in [0.717, 1.165) is 0 Å². The van der Waals surface area contributed by atoms with Gasteiger partial charge in [0.25, 0.3) is 0 Å². The van der Waals surface area contributed by atoms with E-state index in [1.807, 2.05) is 0 Å². The van der Waals surface area contributed by atoms with E-state index in [1.165, 1.54) is 23.1 Å². The zero-order chi connectivity index (χ0) is 20.0. The van der Waals surface area contributed by atoms with Crippen LogP contribution in [0.5, 0.6) is 6.01 Å². The highest BCUT2D eigenvalue weighted by atomic mass is 19.3. The van der Waals surface area contributed by atoms with E-state index >= 15 is 0 Å². The summed E-state index contributed by atoms with van der Waals surface area (Å²) in [6.07, 6.45) is -3.88. The van der Waals surface area contributed by atoms with E-state index in [-0.39, 0.29) is 11.9 Å². The summed E-state index contributed by atoms with van der Waals surface area (Å²) in [7, 11) is 0. The molecular weight excluding hydrogens is 373 g/mol. The highest BCUT2D eigenvalue weighted by molar-refractivity contribution is 5.58. The summed E-state index contributed by atoms with van der Waals surface area (Å²) in [4.78, 5) is 13.3. The van der Waals surface area contributed by atoms with Crippen LogP contribution in [0.25, 0.3) is 0 Å². The Hall–Kier alpha value is -2.72. The summed E-state index contributed by atoms with van der Waals surface area (Å²) in [6, 6.07) is 5.04. The molecule has 0 atom stereocenters. The standard InChI is InChI=1S/C16H18F5N5O/c1-3-22-13-23-14(26(4-2)11-7-5-6-10(17)8-11)25-15(24-13)27-9-16(20,21)12(18)19/h5-8,12H,3-4,9H2,1-2H3,(H,22,23,24,25). The fourth-order valence-corrected chi connectivity index (χ4v) is 2.08. The minimum atomic E-state index is -4.35. The molecule has 0 aliphatic rings. The van der Waals surface area contributed by atoms with Crippen molar-refractivity contribution in [3.8, 4) is 6.01 Å². The average Bonchev–Trinajstić information content (AvgIpc) is 2.61. The topological polar surface area (TPSA) is 63.2 Å². The van der Waals surface area contributed by atoms with Gasteiger partial charge in [0, 0.05) is 18.8 Å². The molecule has 27 heavy (non-hydrogen) atoms. The van der Waals surface area contributed by atoms with Crippen LogP contribution in [0.4, 0.5) is 39.5 Å². The molecule has 0 fully saturated rings. The SMILES string of the molecule is CCNc1nc(OCC(F)(F)C(F)F)nc(N(CC)c2cccc(F)c2)n1. The molecule has 0 aliphatic heterocycles. The van der Waals surface area contributed by atoms with Gasteiger partial charge in [-0.2, -0.15) is 23.7 Å². The Labute approximate surface area is 152 Å². The van der Waals surface area contributed by atoms with Crippen LogP contribution >= 0.6 is 0 Å². The van der Waals surface area contributed by atoms with Gasteiger partial charge in [-0.15, -0.1) is 0 Å². The van der Waals surface area contributed by atoms with Gasteiger partial charge in [-0.1, -0.05) is 6.07 Å². The Morgan fingerprint density at radius 3 is 2.52 bits per heavy atom. The van der Waals surface area contributed by atoms with Crippen molar-refractivity contribution in [3.63, 3.8) is 0 Å². The molecule has 0 aliphatic carbocycles. The largest absolute Gasteiger partial charge is 0.457 e. The quantitative estimate of drug-likeness (QED) is 0.655. The zero-order valence-corrected chi connectivity index (χ0v) is 14.6. The monoisotopic (exact) mass is 391 g/mol. The fraction of sp³-hybridized carbons (Fsp3) is 0.438. The molecule has 0 saturated heterocycles. The summed E-state index contributed by atoms with van der Waals surface area (Å²) >= 11 is 0. The van der Waals surface area contributed by atoms with Crippen LogP contribution in [0.1, 0.15) is 13.8 Å². The van der Waals surface area contributed by atoms with Crippen molar-refractivity contribution in [2.24, 2.45) is 0 Å². The molecule has 2 rings (SSSR count). The Balaban J connectivity index is 2.35. The molecule has 1 heterocycles. The van der Waals surface area contributed by atoms with Crippen molar-refractivity contribution < 1.29 is 26.7 Å². The molecule has 0 amide bonds. The summed E-state index contributed by atoms with van der Waals surface area (Å²) in [5.74, 6) is -4.84. The van der Waals surface area contributed by atoms with Crippen LogP contribution in [0, 0.1) is 5.82 Å². The third-order valence-corrected chi connectivity index (χ3v) is 3.33. The summed E-state index contributed by atoms with van der Waals surface area (Å²) < 4.78 is 69.0. The predicted molar refractivity (Wildman–Crippen MR) is 89.5 cm³/mol. The van der Waals surface area contributed by atoms with E-state index in [9.17, 15) is 22.0 Å². The lowest BCUT2D eigenvalue weighted by Crippen LogP contribution is -2.34. The maximum atomic E-state index is 13.5. The number of alkyl halides is 4. The molecule has 0 spiro atoms. The molecule has 1 N–H and O–H groups in total. The molecule has 1 aromatic carbocycles. The third kappa shape index (κ3) is 5.38. The molecule has 148 valence electrons. The lowest BCUT2D eigenvalue weighted by atomic mass is 10.3. The highest BCUT2D eigenvalue weighted by Crippen LogP contribution is 2.26. The number of nitrogens with one attached hydrogen (secondary N) is 1. The number of anilines is 3. The van der Waals surface area contributed by atoms with Crippen LogP contribution in [0.2, 0.25) is 0 Å². The van der Waals surface area contributed by atoms with E-state index in [2.05, 4.69) is 25.0 Å². The van der Waals surface area contributed by atoms with Crippen LogP contribution in [-0.2, 0) is 0 Å². The number of hydrogen-bond donors (Lipinski definition) is 1. The zero-order valence-electron chi connectivity index (χ0n) is 14.6. The lowest BCUT2D eigenvalue weighted by Gasteiger charge is -2.22. The number of rotatable bonds is 9. The molecular formula is C16H18F5N5O. The fourth-order valence-electron chi connectivity index (χ4n) is 2.08. The number of aromatic nitrogens is 3. The first-order valence-corrected chi connectivity index (χ1v) is 8.08. The van der Waals surface area contributed by atoms with E-state index in [1.54, 1.807) is 19.9 Å². The second kappa shape index (κ2) is 8.78. The van der Waals surface area contributed by atoms with Gasteiger partial charge in [0.15, 0.2) is 6.61 Å². The number of hydrogen-bond acceptors (Lipinski definition) is 6. The maximum absolute atomic E-state index is 13.5. The first-order valence-electron chi connectivity index (χ1n) is 8.08. The summed E-state index contributed by atoms with van der Waals surface area (Å²) in [5, 5.41) is 2.77. The molecule has 0 radical (unpaired) electrons. The maximum Gasteiger partial charge on any atom is 0.340 e. The normalized spacial score (nSPS) is 11.6. The Morgan fingerprint density at radius 1 is 1.19 bits per heavy atom.